The fraction of sp³-hybridized carbons (Fsp3) is 0.400. The molecule has 0 radical (unpaired) electrons. The minimum absolute atomic E-state index is 0.131. The van der Waals surface area contributed by atoms with Crippen molar-refractivity contribution in [2.75, 3.05) is 20.6 Å². The Hall–Kier alpha value is -4.32. The number of carbonyl (C=O) groups excluding carboxylic acids is 2. The van der Waals surface area contributed by atoms with Crippen molar-refractivity contribution in [1.82, 2.24) is 25.1 Å². The highest BCUT2D eigenvalue weighted by Crippen LogP contribution is 2.40. The number of aromatic nitrogens is 2. The summed E-state index contributed by atoms with van der Waals surface area (Å²) in [6.45, 7) is 4.69. The molecule has 1 aromatic heterocycles. The van der Waals surface area contributed by atoms with Crippen LogP contribution < -0.4 is 15.4 Å². The van der Waals surface area contributed by atoms with Gasteiger partial charge in [-0.25, -0.2) is 9.78 Å². The standard InChI is InChI=1S/C30H36N6O3/c1-6-30(14-7-8-15-35(4)27(30)37)23-10-9-11-24(16-23)39-25-17-22(13-12-21(25)18-31)29(2,34-28(38)32-3)26-19-33-20-36(26)5/h9-13,16-17,19-20H,6-8,14-15H2,1-5H3,(H2,32,34,38)/t29?,30-/m1/s1. The number of nitrogens with one attached hydrogen (secondary N) is 2. The fourth-order valence-corrected chi connectivity index (χ4v) is 5.56. The number of imidazole rings is 1. The number of rotatable bonds is 7. The molecule has 0 aliphatic carbocycles. The highest BCUT2D eigenvalue weighted by molar-refractivity contribution is 5.88. The van der Waals surface area contributed by atoms with Crippen molar-refractivity contribution in [3.63, 3.8) is 0 Å². The molecule has 1 aliphatic heterocycles. The maximum Gasteiger partial charge on any atom is 0.315 e. The number of benzene rings is 2. The third kappa shape index (κ3) is 5.19. The van der Waals surface area contributed by atoms with Crippen molar-refractivity contribution in [3.05, 3.63) is 77.4 Å². The molecule has 1 aliphatic rings. The summed E-state index contributed by atoms with van der Waals surface area (Å²) in [6, 6.07) is 14.7. The molecule has 4 rings (SSSR count). The van der Waals surface area contributed by atoms with E-state index in [2.05, 4.69) is 28.6 Å². The summed E-state index contributed by atoms with van der Waals surface area (Å²) >= 11 is 0. The topological polar surface area (TPSA) is 112 Å². The van der Waals surface area contributed by atoms with Gasteiger partial charge in [-0.1, -0.05) is 31.5 Å². The van der Waals surface area contributed by atoms with E-state index < -0.39 is 11.0 Å². The molecular formula is C30H36N6O3. The lowest BCUT2D eigenvalue weighted by atomic mass is 9.73. The molecule has 3 aromatic rings. The van der Waals surface area contributed by atoms with Crippen molar-refractivity contribution >= 4 is 11.9 Å². The Labute approximate surface area is 229 Å². The Morgan fingerprint density at radius 2 is 2.03 bits per heavy atom. The molecule has 9 heteroatoms. The van der Waals surface area contributed by atoms with E-state index in [0.717, 1.165) is 37.1 Å². The van der Waals surface area contributed by atoms with Crippen LogP contribution in [0.1, 0.15) is 61.9 Å². The molecule has 1 fully saturated rings. The fourth-order valence-electron chi connectivity index (χ4n) is 5.56. The summed E-state index contributed by atoms with van der Waals surface area (Å²) < 4.78 is 8.17. The van der Waals surface area contributed by atoms with Crippen LogP contribution in [0.4, 0.5) is 4.79 Å². The Bertz CT molecular complexity index is 1410. The Morgan fingerprint density at radius 3 is 2.69 bits per heavy atom. The van der Waals surface area contributed by atoms with Crippen LogP contribution in [0.15, 0.2) is 55.0 Å². The predicted molar refractivity (Wildman–Crippen MR) is 148 cm³/mol. The van der Waals surface area contributed by atoms with E-state index >= 15 is 0 Å². The molecular weight excluding hydrogens is 492 g/mol. The SMILES string of the molecule is CC[C@]1(c2cccc(Oc3cc(C(C)(NC(=O)NC)c4cncn4C)ccc3C#N)c2)CCCCN(C)C1=O. The van der Waals surface area contributed by atoms with E-state index in [1.807, 2.05) is 54.8 Å². The van der Waals surface area contributed by atoms with Gasteiger partial charge >= 0.3 is 6.03 Å². The summed E-state index contributed by atoms with van der Waals surface area (Å²) in [5.74, 6) is 1.02. The van der Waals surface area contributed by atoms with Crippen molar-refractivity contribution in [2.45, 2.75) is 50.5 Å². The number of ether oxygens (including phenoxy) is 1. The van der Waals surface area contributed by atoms with Crippen LogP contribution >= 0.6 is 0 Å². The molecule has 2 atom stereocenters. The van der Waals surface area contributed by atoms with Gasteiger partial charge in [-0.2, -0.15) is 5.26 Å². The first-order valence-electron chi connectivity index (χ1n) is 13.2. The largest absolute Gasteiger partial charge is 0.456 e. The molecule has 2 heterocycles. The van der Waals surface area contributed by atoms with E-state index in [4.69, 9.17) is 4.74 Å². The molecule has 0 bridgehead atoms. The molecule has 2 aromatic carbocycles. The number of hydrogen-bond donors (Lipinski definition) is 2. The number of hydrogen-bond acceptors (Lipinski definition) is 5. The first kappa shape index (κ1) is 27.7. The molecule has 3 amide bonds. The average Bonchev–Trinajstić information content (AvgIpc) is 3.33. The van der Waals surface area contributed by atoms with Crippen LogP contribution in [0.2, 0.25) is 0 Å². The Kier molecular flexibility index (Phi) is 7.95. The summed E-state index contributed by atoms with van der Waals surface area (Å²) in [7, 11) is 5.28. The van der Waals surface area contributed by atoms with Crippen molar-refractivity contribution in [2.24, 2.45) is 7.05 Å². The lowest BCUT2D eigenvalue weighted by Gasteiger charge is -2.33. The van der Waals surface area contributed by atoms with Gasteiger partial charge in [0.15, 0.2) is 0 Å². The maximum atomic E-state index is 13.5. The van der Waals surface area contributed by atoms with Gasteiger partial charge in [0.2, 0.25) is 5.91 Å². The number of likely N-dealkylation sites (tertiary alicyclic amines) is 1. The molecule has 9 nitrogen and oxygen atoms in total. The molecule has 204 valence electrons. The Morgan fingerprint density at radius 1 is 1.23 bits per heavy atom. The third-order valence-corrected chi connectivity index (χ3v) is 7.92. The smallest absolute Gasteiger partial charge is 0.315 e. The second kappa shape index (κ2) is 11.2. The number of urea groups is 1. The number of carbonyl (C=O) groups is 2. The number of amides is 3. The van der Waals surface area contributed by atoms with Crippen LogP contribution in [0.3, 0.4) is 0 Å². The highest BCUT2D eigenvalue weighted by Gasteiger charge is 2.41. The second-order valence-electron chi connectivity index (χ2n) is 10.3. The number of nitriles is 1. The van der Waals surface area contributed by atoms with Crippen LogP contribution in [-0.4, -0.2) is 47.0 Å². The number of aryl methyl sites for hydroxylation is 1. The van der Waals surface area contributed by atoms with E-state index in [1.165, 1.54) is 0 Å². The van der Waals surface area contributed by atoms with E-state index in [0.29, 0.717) is 29.0 Å². The minimum atomic E-state index is -0.969. The third-order valence-electron chi connectivity index (χ3n) is 7.92. The van der Waals surface area contributed by atoms with Crippen LogP contribution in [0.5, 0.6) is 11.5 Å². The number of nitrogens with zero attached hydrogens (tertiary/aromatic N) is 4. The molecule has 1 unspecified atom stereocenters. The van der Waals surface area contributed by atoms with Gasteiger partial charge in [0, 0.05) is 27.7 Å². The van der Waals surface area contributed by atoms with E-state index in [1.54, 1.807) is 37.8 Å². The van der Waals surface area contributed by atoms with Crippen molar-refractivity contribution < 1.29 is 14.3 Å². The van der Waals surface area contributed by atoms with Crippen molar-refractivity contribution in [3.8, 4) is 17.6 Å². The lowest BCUT2D eigenvalue weighted by molar-refractivity contribution is -0.135. The zero-order chi connectivity index (χ0) is 28.2. The van der Waals surface area contributed by atoms with Gasteiger partial charge in [-0.15, -0.1) is 0 Å². The van der Waals surface area contributed by atoms with Crippen LogP contribution in [-0.2, 0) is 22.8 Å². The zero-order valence-electron chi connectivity index (χ0n) is 23.2. The van der Waals surface area contributed by atoms with Crippen LogP contribution in [0.25, 0.3) is 0 Å². The Balaban J connectivity index is 1.76. The van der Waals surface area contributed by atoms with Gasteiger partial charge in [0.05, 0.1) is 29.2 Å². The summed E-state index contributed by atoms with van der Waals surface area (Å²) in [4.78, 5) is 32.0. The zero-order valence-corrected chi connectivity index (χ0v) is 23.2. The lowest BCUT2D eigenvalue weighted by Crippen LogP contribution is -2.48. The monoisotopic (exact) mass is 528 g/mol. The molecule has 2 N–H and O–H groups in total. The minimum Gasteiger partial charge on any atom is -0.456 e. The van der Waals surface area contributed by atoms with Gasteiger partial charge in [0.25, 0.3) is 0 Å². The summed E-state index contributed by atoms with van der Waals surface area (Å²) in [6.07, 6.45) is 6.79. The normalized spacial score (nSPS) is 19.0. The van der Waals surface area contributed by atoms with Gasteiger partial charge < -0.3 is 24.8 Å². The number of likely N-dealkylation sites (N-methyl/N-ethyl adjacent to an activating group) is 1. The maximum absolute atomic E-state index is 13.5. The van der Waals surface area contributed by atoms with Crippen molar-refractivity contribution in [1.29, 1.82) is 5.26 Å². The molecule has 39 heavy (non-hydrogen) atoms. The second-order valence-corrected chi connectivity index (χ2v) is 10.3. The van der Waals surface area contributed by atoms with Crippen LogP contribution in [0, 0.1) is 11.3 Å². The average molecular weight is 529 g/mol. The molecule has 1 saturated heterocycles. The van der Waals surface area contributed by atoms with Gasteiger partial charge in [0.1, 0.15) is 23.1 Å². The predicted octanol–water partition coefficient (Wildman–Crippen LogP) is 4.57. The summed E-state index contributed by atoms with van der Waals surface area (Å²) in [5.41, 5.74) is 1.15. The first-order chi connectivity index (χ1) is 18.7. The quantitative estimate of drug-likeness (QED) is 0.467. The summed E-state index contributed by atoms with van der Waals surface area (Å²) in [5, 5.41) is 15.5. The molecule has 0 spiro atoms. The van der Waals surface area contributed by atoms with Gasteiger partial charge in [-0.3, -0.25) is 4.79 Å². The van der Waals surface area contributed by atoms with E-state index in [-0.39, 0.29) is 11.9 Å². The molecule has 0 saturated carbocycles. The highest BCUT2D eigenvalue weighted by atomic mass is 16.5. The van der Waals surface area contributed by atoms with Gasteiger partial charge in [-0.05, 0) is 61.6 Å². The van der Waals surface area contributed by atoms with E-state index in [9.17, 15) is 14.9 Å². The first-order valence-corrected chi connectivity index (χ1v) is 13.2.